The first-order valence-electron chi connectivity index (χ1n) is 9.57. The quantitative estimate of drug-likeness (QED) is 0.834. The molecule has 0 saturated carbocycles. The molecular weight excluding hydrogens is 390 g/mol. The van der Waals surface area contributed by atoms with Crippen LogP contribution in [0.25, 0.3) is 0 Å². The molecular formula is C21H23N3O4S. The Kier molecular flexibility index (Phi) is 5.27. The molecule has 2 aliphatic rings. The van der Waals surface area contributed by atoms with Gasteiger partial charge >= 0.3 is 0 Å². The summed E-state index contributed by atoms with van der Waals surface area (Å²) < 4.78 is 5.36. The van der Waals surface area contributed by atoms with Gasteiger partial charge in [0, 0.05) is 24.9 Å². The monoisotopic (exact) mass is 413 g/mol. The topological polar surface area (TPSA) is 79.0 Å². The normalized spacial score (nSPS) is 16.1. The summed E-state index contributed by atoms with van der Waals surface area (Å²) in [6, 6.07) is 7.72. The van der Waals surface area contributed by atoms with Crippen LogP contribution in [-0.2, 0) is 29.0 Å². The lowest BCUT2D eigenvalue weighted by molar-refractivity contribution is -0.132. The van der Waals surface area contributed by atoms with E-state index in [-0.39, 0.29) is 24.3 Å². The number of amides is 3. The second-order valence-electron chi connectivity index (χ2n) is 7.29. The zero-order valence-corrected chi connectivity index (χ0v) is 17.3. The van der Waals surface area contributed by atoms with E-state index in [1.54, 1.807) is 14.2 Å². The van der Waals surface area contributed by atoms with E-state index in [1.165, 1.54) is 16.2 Å². The molecule has 0 spiro atoms. The summed E-state index contributed by atoms with van der Waals surface area (Å²) in [5, 5.41) is 3.45. The van der Waals surface area contributed by atoms with Crippen molar-refractivity contribution in [2.45, 2.75) is 25.8 Å². The molecule has 0 radical (unpaired) electrons. The molecule has 0 saturated heterocycles. The van der Waals surface area contributed by atoms with Gasteiger partial charge in [-0.1, -0.05) is 18.2 Å². The lowest BCUT2D eigenvalue weighted by Gasteiger charge is -2.27. The molecule has 4 rings (SSSR count). The average Bonchev–Trinajstić information content (AvgIpc) is 3.03. The number of para-hydroxylation sites is 1. The van der Waals surface area contributed by atoms with Crippen LogP contribution >= 0.6 is 11.3 Å². The number of nitrogens with one attached hydrogen (secondary N) is 1. The van der Waals surface area contributed by atoms with Gasteiger partial charge in [-0.25, -0.2) is 0 Å². The molecule has 1 aromatic heterocycles. The molecule has 0 fully saturated rings. The van der Waals surface area contributed by atoms with Gasteiger partial charge in [0.2, 0.25) is 11.8 Å². The van der Waals surface area contributed by atoms with Gasteiger partial charge in [-0.05, 0) is 30.0 Å². The highest BCUT2D eigenvalue weighted by Crippen LogP contribution is 2.38. The second kappa shape index (κ2) is 7.87. The fourth-order valence-electron chi connectivity index (χ4n) is 3.88. The summed E-state index contributed by atoms with van der Waals surface area (Å²) in [6.07, 6.45) is 1.64. The predicted octanol–water partition coefficient (Wildman–Crippen LogP) is 2.30. The number of hydrogen-bond acceptors (Lipinski definition) is 5. The summed E-state index contributed by atoms with van der Waals surface area (Å²) in [7, 11) is 3.27. The van der Waals surface area contributed by atoms with Crippen molar-refractivity contribution < 1.29 is 19.1 Å². The molecule has 1 aromatic carbocycles. The first kappa shape index (κ1) is 19.4. The number of carbonyl (C=O) groups excluding carboxylic acids is 3. The molecule has 1 N–H and O–H groups in total. The Balaban J connectivity index is 1.48. The number of carbonyl (C=O) groups is 3. The molecule has 7 nitrogen and oxygen atoms in total. The number of anilines is 1. The molecule has 0 aliphatic carbocycles. The number of fused-ring (bicyclic) bond motifs is 3. The van der Waals surface area contributed by atoms with E-state index in [0.29, 0.717) is 42.9 Å². The third kappa shape index (κ3) is 3.72. The Morgan fingerprint density at radius 3 is 2.83 bits per heavy atom. The van der Waals surface area contributed by atoms with Crippen molar-refractivity contribution in [2.24, 2.45) is 0 Å². The molecule has 0 bridgehead atoms. The second-order valence-corrected chi connectivity index (χ2v) is 8.40. The molecule has 2 aliphatic heterocycles. The number of nitrogens with zero attached hydrogens (tertiary/aromatic N) is 2. The zero-order chi connectivity index (χ0) is 20.5. The Labute approximate surface area is 173 Å². The summed E-state index contributed by atoms with van der Waals surface area (Å²) >= 11 is 1.41. The number of benzene rings is 1. The maximum absolute atomic E-state index is 12.8. The van der Waals surface area contributed by atoms with Crippen LogP contribution in [0.5, 0.6) is 5.75 Å². The highest BCUT2D eigenvalue weighted by Gasteiger charge is 2.33. The average molecular weight is 413 g/mol. The standard InChI is InChI=1S/C21H23N3O4S/c1-23-12-17(25)22-20-19(21(23)27)14-9-10-24(11-16(14)29-20)18(26)8-7-13-5-3-4-6-15(13)28-2/h3-6H,7-12H2,1-2H3,(H,22,25). The van der Waals surface area contributed by atoms with Gasteiger partial charge in [0.1, 0.15) is 10.8 Å². The Morgan fingerprint density at radius 2 is 2.03 bits per heavy atom. The first-order valence-corrected chi connectivity index (χ1v) is 10.4. The number of methoxy groups -OCH3 is 1. The number of thiophene rings is 1. The largest absolute Gasteiger partial charge is 0.496 e. The number of aryl methyl sites for hydroxylation is 1. The molecule has 8 heteroatoms. The third-order valence-corrected chi connectivity index (χ3v) is 6.54. The van der Waals surface area contributed by atoms with Crippen molar-refractivity contribution in [1.82, 2.24) is 9.80 Å². The van der Waals surface area contributed by atoms with Crippen LogP contribution < -0.4 is 10.1 Å². The minimum Gasteiger partial charge on any atom is -0.496 e. The molecule has 0 unspecified atom stereocenters. The summed E-state index contributed by atoms with van der Waals surface area (Å²) in [6.45, 7) is 1.11. The van der Waals surface area contributed by atoms with E-state index in [2.05, 4.69) is 5.32 Å². The number of rotatable bonds is 4. The number of ether oxygens (including phenoxy) is 1. The van der Waals surface area contributed by atoms with Gasteiger partial charge in [-0.15, -0.1) is 11.3 Å². The van der Waals surface area contributed by atoms with Crippen molar-refractivity contribution in [2.75, 3.05) is 32.6 Å². The molecule has 3 heterocycles. The first-order chi connectivity index (χ1) is 14.0. The van der Waals surface area contributed by atoms with E-state index >= 15 is 0 Å². The van der Waals surface area contributed by atoms with E-state index in [1.807, 2.05) is 29.2 Å². The van der Waals surface area contributed by atoms with Crippen LogP contribution in [0.4, 0.5) is 5.00 Å². The van der Waals surface area contributed by atoms with Gasteiger partial charge < -0.3 is 19.9 Å². The highest BCUT2D eigenvalue weighted by molar-refractivity contribution is 7.17. The smallest absolute Gasteiger partial charge is 0.257 e. The van der Waals surface area contributed by atoms with Crippen LogP contribution in [-0.4, -0.2) is 54.8 Å². The van der Waals surface area contributed by atoms with Gasteiger partial charge in [0.25, 0.3) is 5.91 Å². The lowest BCUT2D eigenvalue weighted by atomic mass is 10.0. The van der Waals surface area contributed by atoms with E-state index in [4.69, 9.17) is 4.74 Å². The van der Waals surface area contributed by atoms with Crippen molar-refractivity contribution in [3.8, 4) is 5.75 Å². The minimum atomic E-state index is -0.192. The maximum Gasteiger partial charge on any atom is 0.257 e. The van der Waals surface area contributed by atoms with Crippen molar-refractivity contribution in [3.05, 3.63) is 45.8 Å². The fourth-order valence-corrected chi connectivity index (χ4v) is 5.16. The molecule has 152 valence electrons. The zero-order valence-electron chi connectivity index (χ0n) is 16.5. The molecule has 3 amide bonds. The molecule has 2 aromatic rings. The third-order valence-electron chi connectivity index (χ3n) is 5.40. The summed E-state index contributed by atoms with van der Waals surface area (Å²) in [5.41, 5.74) is 2.58. The minimum absolute atomic E-state index is 0.0581. The SMILES string of the molecule is COc1ccccc1CCC(=O)N1CCc2c(sc3c2C(=O)N(C)CC(=O)N3)C1. The Morgan fingerprint density at radius 1 is 1.24 bits per heavy atom. The number of likely N-dealkylation sites (N-methyl/N-ethyl adjacent to an activating group) is 1. The van der Waals surface area contributed by atoms with Crippen LogP contribution in [0, 0.1) is 0 Å². The van der Waals surface area contributed by atoms with Crippen molar-refractivity contribution in [1.29, 1.82) is 0 Å². The van der Waals surface area contributed by atoms with Gasteiger partial charge in [0.15, 0.2) is 0 Å². The summed E-state index contributed by atoms with van der Waals surface area (Å²) in [4.78, 5) is 41.7. The molecule has 0 atom stereocenters. The van der Waals surface area contributed by atoms with Gasteiger partial charge in [-0.2, -0.15) is 0 Å². The van der Waals surface area contributed by atoms with E-state index < -0.39 is 0 Å². The molecule has 29 heavy (non-hydrogen) atoms. The predicted molar refractivity (Wildman–Crippen MR) is 110 cm³/mol. The lowest BCUT2D eigenvalue weighted by Crippen LogP contribution is -2.36. The summed E-state index contributed by atoms with van der Waals surface area (Å²) in [5.74, 6) is 0.550. The highest BCUT2D eigenvalue weighted by atomic mass is 32.1. The van der Waals surface area contributed by atoms with E-state index in [0.717, 1.165) is 21.8 Å². The van der Waals surface area contributed by atoms with Crippen LogP contribution in [0.3, 0.4) is 0 Å². The van der Waals surface area contributed by atoms with Crippen molar-refractivity contribution in [3.63, 3.8) is 0 Å². The fraction of sp³-hybridized carbons (Fsp3) is 0.381. The van der Waals surface area contributed by atoms with E-state index in [9.17, 15) is 14.4 Å². The van der Waals surface area contributed by atoms with Gasteiger partial charge in [0.05, 0.1) is 25.8 Å². The van der Waals surface area contributed by atoms with Gasteiger partial charge in [-0.3, -0.25) is 14.4 Å². The van der Waals surface area contributed by atoms with Crippen molar-refractivity contribution >= 4 is 34.1 Å². The number of hydrogen-bond donors (Lipinski definition) is 1. The Bertz CT molecular complexity index is 984. The van der Waals surface area contributed by atoms with Crippen LogP contribution in [0.15, 0.2) is 24.3 Å². The van der Waals surface area contributed by atoms with Crippen LogP contribution in [0.1, 0.15) is 32.8 Å². The Hall–Kier alpha value is -2.87. The van der Waals surface area contributed by atoms with Crippen LogP contribution in [0.2, 0.25) is 0 Å². The maximum atomic E-state index is 12.8.